The van der Waals surface area contributed by atoms with Crippen LogP contribution in [0.1, 0.15) is 42.5 Å². The van der Waals surface area contributed by atoms with Crippen LogP contribution in [0.2, 0.25) is 5.02 Å². The quantitative estimate of drug-likeness (QED) is 0.222. The minimum Gasteiger partial charge on any atom is -0.489 e. The first kappa shape index (κ1) is 33.2. The summed E-state index contributed by atoms with van der Waals surface area (Å²) >= 11 is 6.75. The molecular formula is C32H31ClF6N8O2. The standard InChI is InChI=1S/C32H31ClF6N8O2/c1-14-8-19(40)43-25(22(14)32(37,38)39)20-23(33)27-21-26(24(20)36)44-30(49-13-31-9-16(34)11-46(31)12-17(35)10-31)45-29(21)47(6-7-48-27)15(2)18-4-3-5-42-28(18)41/h3-5,8,15-17H,6-7,9-13H2,1-2H3,(H2,40,43)(H2,41,42)/t15-,16-,17-/m1/s1. The van der Waals surface area contributed by atoms with E-state index in [4.69, 9.17) is 32.5 Å². The van der Waals surface area contributed by atoms with Gasteiger partial charge in [0.15, 0.2) is 11.6 Å². The number of halogens is 7. The van der Waals surface area contributed by atoms with Crippen LogP contribution in [0.3, 0.4) is 0 Å². The Balaban J connectivity index is 1.45. The number of nitrogens with two attached hydrogens (primary N) is 2. The van der Waals surface area contributed by atoms with E-state index in [1.165, 1.54) is 13.1 Å². The van der Waals surface area contributed by atoms with E-state index < -0.39 is 63.3 Å². The monoisotopic (exact) mass is 708 g/mol. The lowest BCUT2D eigenvalue weighted by atomic mass is 9.94. The van der Waals surface area contributed by atoms with Gasteiger partial charge in [0.25, 0.3) is 0 Å². The molecule has 3 aliphatic heterocycles. The van der Waals surface area contributed by atoms with Crippen molar-refractivity contribution in [2.24, 2.45) is 0 Å². The topological polar surface area (TPSA) is 129 Å². The first-order chi connectivity index (χ1) is 23.2. The molecule has 10 nitrogen and oxygen atoms in total. The number of aryl methyl sites for hydroxylation is 1. The average molecular weight is 709 g/mol. The molecule has 0 radical (unpaired) electrons. The van der Waals surface area contributed by atoms with Gasteiger partial charge in [0, 0.05) is 37.7 Å². The number of hydrogen-bond acceptors (Lipinski definition) is 10. The first-order valence-corrected chi connectivity index (χ1v) is 15.9. The van der Waals surface area contributed by atoms with Crippen LogP contribution in [0.15, 0.2) is 24.4 Å². The summed E-state index contributed by atoms with van der Waals surface area (Å²) in [5, 5.41) is -0.523. The van der Waals surface area contributed by atoms with Crippen molar-refractivity contribution in [2.45, 2.75) is 56.8 Å². The van der Waals surface area contributed by atoms with Crippen molar-refractivity contribution in [2.75, 3.05) is 49.2 Å². The van der Waals surface area contributed by atoms with Gasteiger partial charge in [-0.25, -0.2) is 23.1 Å². The van der Waals surface area contributed by atoms with Crippen molar-refractivity contribution in [3.63, 3.8) is 0 Å². The van der Waals surface area contributed by atoms with Crippen molar-refractivity contribution in [1.29, 1.82) is 0 Å². The Labute approximate surface area is 281 Å². The fourth-order valence-corrected chi connectivity index (χ4v) is 7.73. The number of hydrogen-bond donors (Lipinski definition) is 2. The predicted molar refractivity (Wildman–Crippen MR) is 171 cm³/mol. The second kappa shape index (κ2) is 11.9. The molecule has 3 atom stereocenters. The summed E-state index contributed by atoms with van der Waals surface area (Å²) in [6.45, 7) is 2.93. The maximum Gasteiger partial charge on any atom is 0.418 e. The second-order valence-corrected chi connectivity index (χ2v) is 13.1. The van der Waals surface area contributed by atoms with Crippen molar-refractivity contribution in [3.05, 3.63) is 51.9 Å². The molecule has 17 heteroatoms. The van der Waals surface area contributed by atoms with Crippen LogP contribution in [0.25, 0.3) is 22.2 Å². The Morgan fingerprint density at radius 1 is 1.14 bits per heavy atom. The van der Waals surface area contributed by atoms with E-state index in [0.29, 0.717) is 5.56 Å². The number of fused-ring (bicyclic) bond motifs is 1. The van der Waals surface area contributed by atoms with Gasteiger partial charge in [0.05, 0.1) is 45.4 Å². The van der Waals surface area contributed by atoms with E-state index in [9.17, 15) is 22.0 Å². The number of alkyl halides is 5. The number of rotatable bonds is 6. The van der Waals surface area contributed by atoms with Gasteiger partial charge in [-0.2, -0.15) is 23.1 Å². The molecule has 4 aromatic rings. The van der Waals surface area contributed by atoms with Gasteiger partial charge in [-0.3, -0.25) is 4.90 Å². The van der Waals surface area contributed by atoms with Crippen LogP contribution in [-0.4, -0.2) is 75.6 Å². The molecule has 3 aromatic heterocycles. The van der Waals surface area contributed by atoms with Gasteiger partial charge in [-0.05, 0) is 31.5 Å². The highest BCUT2D eigenvalue weighted by atomic mass is 35.5. The zero-order valence-corrected chi connectivity index (χ0v) is 27.0. The van der Waals surface area contributed by atoms with Crippen molar-refractivity contribution >= 4 is 40.0 Å². The number of nitrogen functional groups attached to an aromatic ring is 2. The molecule has 0 unspecified atom stereocenters. The highest BCUT2D eigenvalue weighted by Gasteiger charge is 2.53. The third-order valence-electron chi connectivity index (χ3n) is 9.52. The van der Waals surface area contributed by atoms with Crippen LogP contribution >= 0.6 is 11.6 Å². The minimum absolute atomic E-state index is 0.0179. The highest BCUT2D eigenvalue weighted by molar-refractivity contribution is 6.36. The minimum atomic E-state index is -4.96. The molecule has 3 aliphatic rings. The highest BCUT2D eigenvalue weighted by Crippen LogP contribution is 2.51. The molecule has 6 heterocycles. The molecule has 49 heavy (non-hydrogen) atoms. The van der Waals surface area contributed by atoms with E-state index in [0.717, 1.165) is 6.07 Å². The van der Waals surface area contributed by atoms with E-state index in [1.807, 2.05) is 6.92 Å². The second-order valence-electron chi connectivity index (χ2n) is 12.7. The average Bonchev–Trinajstić information content (AvgIpc) is 3.39. The molecule has 0 spiro atoms. The smallest absolute Gasteiger partial charge is 0.418 e. The zero-order chi connectivity index (χ0) is 35.0. The molecule has 0 bridgehead atoms. The van der Waals surface area contributed by atoms with Crippen molar-refractivity contribution < 1.29 is 35.8 Å². The van der Waals surface area contributed by atoms with Crippen LogP contribution in [0.5, 0.6) is 11.8 Å². The zero-order valence-electron chi connectivity index (χ0n) is 26.3. The van der Waals surface area contributed by atoms with Crippen LogP contribution in [-0.2, 0) is 6.18 Å². The summed E-state index contributed by atoms with van der Waals surface area (Å²) in [5.74, 6) is -1.41. The molecule has 0 aliphatic carbocycles. The number of pyridine rings is 2. The Kier molecular flexibility index (Phi) is 8.08. The Hall–Kier alpha value is -4.31. The van der Waals surface area contributed by atoms with Crippen molar-refractivity contribution in [3.8, 4) is 23.0 Å². The van der Waals surface area contributed by atoms with Crippen molar-refractivity contribution in [1.82, 2.24) is 24.8 Å². The Bertz CT molecular complexity index is 1950. The van der Waals surface area contributed by atoms with Gasteiger partial charge in [0.2, 0.25) is 0 Å². The Morgan fingerprint density at radius 2 is 1.86 bits per heavy atom. The molecule has 0 amide bonds. The molecule has 260 valence electrons. The summed E-state index contributed by atoms with van der Waals surface area (Å²) in [6, 6.07) is 3.57. The summed E-state index contributed by atoms with van der Waals surface area (Å²) in [5.41, 5.74) is 8.11. The molecule has 7 rings (SSSR count). The van der Waals surface area contributed by atoms with E-state index >= 15 is 4.39 Å². The predicted octanol–water partition coefficient (Wildman–Crippen LogP) is 6.23. The molecule has 2 saturated heterocycles. The van der Waals surface area contributed by atoms with Gasteiger partial charge < -0.3 is 25.8 Å². The largest absolute Gasteiger partial charge is 0.489 e. The number of benzene rings is 1. The number of nitrogens with zero attached hydrogens (tertiary/aromatic N) is 6. The molecule has 2 fully saturated rings. The maximum atomic E-state index is 17.0. The molecule has 0 saturated carbocycles. The SMILES string of the molecule is Cc1cc(N)nc(-c2c(Cl)c3c4c(nc(OCC56C[C@@H](F)CN5C[C@H](F)C6)nc4c2F)N([C@H](C)c2cccnc2N)CCO3)c1C(F)(F)F. The summed E-state index contributed by atoms with van der Waals surface area (Å²) in [7, 11) is 0. The lowest BCUT2D eigenvalue weighted by Crippen LogP contribution is -2.43. The third kappa shape index (κ3) is 5.58. The van der Waals surface area contributed by atoms with Gasteiger partial charge >= 0.3 is 12.2 Å². The van der Waals surface area contributed by atoms with Crippen LogP contribution in [0.4, 0.5) is 43.8 Å². The molecular weight excluding hydrogens is 678 g/mol. The molecule has 1 aromatic carbocycles. The molecule has 4 N–H and O–H groups in total. The summed E-state index contributed by atoms with van der Waals surface area (Å²) in [4.78, 5) is 20.4. The number of ether oxygens (including phenoxy) is 2. The summed E-state index contributed by atoms with van der Waals surface area (Å²) in [6.07, 6.45) is -5.79. The van der Waals surface area contributed by atoms with Crippen LogP contribution in [0, 0.1) is 12.7 Å². The van der Waals surface area contributed by atoms with Crippen LogP contribution < -0.4 is 25.8 Å². The number of anilines is 3. The lowest BCUT2D eigenvalue weighted by molar-refractivity contribution is -0.137. The van der Waals surface area contributed by atoms with E-state index in [1.54, 1.807) is 21.9 Å². The first-order valence-electron chi connectivity index (χ1n) is 15.5. The third-order valence-corrected chi connectivity index (χ3v) is 9.88. The fraction of sp³-hybridized carbons (Fsp3) is 0.438. The summed E-state index contributed by atoms with van der Waals surface area (Å²) < 4.78 is 101. The normalized spacial score (nSPS) is 21.0. The van der Waals surface area contributed by atoms with Gasteiger partial charge in [0.1, 0.15) is 48.5 Å². The van der Waals surface area contributed by atoms with Gasteiger partial charge in [-0.15, -0.1) is 0 Å². The lowest BCUT2D eigenvalue weighted by Gasteiger charge is -2.32. The maximum absolute atomic E-state index is 17.0. The number of aromatic nitrogens is 4. The fourth-order valence-electron chi connectivity index (χ4n) is 7.41. The van der Waals surface area contributed by atoms with E-state index in [-0.39, 0.29) is 85.9 Å². The Morgan fingerprint density at radius 3 is 2.53 bits per heavy atom. The van der Waals surface area contributed by atoms with E-state index in [2.05, 4.69) is 19.9 Å². The van der Waals surface area contributed by atoms with Gasteiger partial charge in [-0.1, -0.05) is 17.7 Å².